The van der Waals surface area contributed by atoms with Gasteiger partial charge in [-0.25, -0.2) is 4.79 Å². The summed E-state index contributed by atoms with van der Waals surface area (Å²) in [5, 5.41) is 16.9. The third kappa shape index (κ3) is 13.5. The molecule has 0 saturated heterocycles. The van der Waals surface area contributed by atoms with Crippen molar-refractivity contribution in [2.45, 2.75) is 0 Å². The molecule has 0 fully saturated rings. The topological polar surface area (TPSA) is 104 Å². The third-order valence-corrected chi connectivity index (χ3v) is 2.04. The van der Waals surface area contributed by atoms with Crippen LogP contribution in [-0.4, -0.2) is 82.3 Å². The summed E-state index contributed by atoms with van der Waals surface area (Å²) in [6.07, 6.45) is 0. The predicted octanol–water partition coefficient (Wildman–Crippen LogP) is -0.906. The van der Waals surface area contributed by atoms with Crippen molar-refractivity contribution in [2.75, 3.05) is 66.1 Å². The van der Waals surface area contributed by atoms with Crippen molar-refractivity contribution in [1.29, 1.82) is 0 Å². The highest BCUT2D eigenvalue weighted by atomic mass is 16.6. The second kappa shape index (κ2) is 15.2. The second-order valence-corrected chi connectivity index (χ2v) is 3.69. The van der Waals surface area contributed by atoms with Crippen molar-refractivity contribution in [3.8, 4) is 0 Å². The van der Waals surface area contributed by atoms with Gasteiger partial charge < -0.3 is 33.9 Å². The molecule has 0 amide bonds. The summed E-state index contributed by atoms with van der Waals surface area (Å²) in [6, 6.07) is 0. The number of carbonyl (C=O) groups excluding carboxylic acids is 1. The van der Waals surface area contributed by atoms with E-state index < -0.39 is 5.97 Å². The molecule has 0 saturated carbocycles. The average Bonchev–Trinajstić information content (AvgIpc) is 2.49. The van der Waals surface area contributed by atoms with E-state index in [2.05, 4.69) is 6.58 Å². The fourth-order valence-corrected chi connectivity index (χ4v) is 1.11. The molecule has 0 spiro atoms. The fourth-order valence-electron chi connectivity index (χ4n) is 1.11. The Morgan fingerprint density at radius 3 is 1.67 bits per heavy atom. The van der Waals surface area contributed by atoms with Crippen LogP contribution in [0.2, 0.25) is 0 Å². The minimum absolute atomic E-state index is 0.0178. The molecule has 0 aliphatic rings. The number of aliphatic hydroxyl groups is 2. The lowest BCUT2D eigenvalue weighted by atomic mass is 10.5. The van der Waals surface area contributed by atoms with E-state index in [4.69, 9.17) is 33.9 Å². The summed E-state index contributed by atoms with van der Waals surface area (Å²) in [5.41, 5.74) is 0. The summed E-state index contributed by atoms with van der Waals surface area (Å²) in [6.45, 7) is 5.33. The highest BCUT2D eigenvalue weighted by Crippen LogP contribution is 1.97. The van der Waals surface area contributed by atoms with Gasteiger partial charge in [-0.1, -0.05) is 0 Å². The molecule has 0 aromatic rings. The number of rotatable bonds is 15. The summed E-state index contributed by atoms with van der Waals surface area (Å²) in [5.74, 6) is -0.758. The van der Waals surface area contributed by atoms with E-state index in [0.29, 0.717) is 13.2 Å². The maximum Gasteiger partial charge on any atom is 0.373 e. The fraction of sp³-hybridized carbons (Fsp3) is 0.769. The van der Waals surface area contributed by atoms with Crippen LogP contribution >= 0.6 is 0 Å². The molecule has 2 N–H and O–H groups in total. The number of hydrogen-bond donors (Lipinski definition) is 2. The summed E-state index contributed by atoms with van der Waals surface area (Å²) < 4.78 is 24.9. The predicted molar refractivity (Wildman–Crippen MR) is 72.7 cm³/mol. The Bertz CT molecular complexity index is 269. The summed E-state index contributed by atoms with van der Waals surface area (Å²) in [4.78, 5) is 11.4. The lowest BCUT2D eigenvalue weighted by molar-refractivity contribution is -0.145. The van der Waals surface area contributed by atoms with Gasteiger partial charge in [-0.3, -0.25) is 0 Å². The first kappa shape index (κ1) is 19.8. The molecule has 21 heavy (non-hydrogen) atoms. The van der Waals surface area contributed by atoms with Crippen LogP contribution in [0, 0.1) is 0 Å². The minimum Gasteiger partial charge on any atom is -0.485 e. The van der Waals surface area contributed by atoms with Crippen molar-refractivity contribution in [2.24, 2.45) is 0 Å². The molecular formula is C13H24O8. The van der Waals surface area contributed by atoms with E-state index in [1.807, 2.05) is 0 Å². The third-order valence-electron chi connectivity index (χ3n) is 2.04. The summed E-state index contributed by atoms with van der Waals surface area (Å²) >= 11 is 0. The van der Waals surface area contributed by atoms with Crippen LogP contribution in [0.15, 0.2) is 12.3 Å². The monoisotopic (exact) mass is 308 g/mol. The molecule has 0 aliphatic heterocycles. The Morgan fingerprint density at radius 1 is 0.714 bits per heavy atom. The maximum atomic E-state index is 11.4. The SMILES string of the molecule is C=C(OCCOCCOCCO)C(=O)OCCOCCO. The quantitative estimate of drug-likeness (QED) is 0.173. The van der Waals surface area contributed by atoms with Gasteiger partial charge >= 0.3 is 5.97 Å². The van der Waals surface area contributed by atoms with Crippen LogP contribution in [0.4, 0.5) is 0 Å². The van der Waals surface area contributed by atoms with E-state index >= 15 is 0 Å². The van der Waals surface area contributed by atoms with E-state index in [0.717, 1.165) is 0 Å². The minimum atomic E-state index is -0.658. The van der Waals surface area contributed by atoms with Crippen molar-refractivity contribution in [1.82, 2.24) is 0 Å². The Labute approximate surface area is 124 Å². The highest BCUT2D eigenvalue weighted by molar-refractivity contribution is 5.85. The number of hydrogen-bond acceptors (Lipinski definition) is 8. The van der Waals surface area contributed by atoms with Crippen molar-refractivity contribution < 1.29 is 38.7 Å². The lowest BCUT2D eigenvalue weighted by Crippen LogP contribution is -2.16. The number of carbonyl (C=O) groups is 1. The molecular weight excluding hydrogens is 284 g/mol. The highest BCUT2D eigenvalue weighted by Gasteiger charge is 2.09. The zero-order chi connectivity index (χ0) is 15.8. The van der Waals surface area contributed by atoms with Gasteiger partial charge in [-0.05, 0) is 6.58 Å². The van der Waals surface area contributed by atoms with Crippen LogP contribution in [0.25, 0.3) is 0 Å². The van der Waals surface area contributed by atoms with Gasteiger partial charge in [-0.2, -0.15) is 0 Å². The molecule has 0 bridgehead atoms. The number of esters is 1. The molecule has 0 rings (SSSR count). The zero-order valence-corrected chi connectivity index (χ0v) is 12.1. The molecule has 8 nitrogen and oxygen atoms in total. The van der Waals surface area contributed by atoms with Gasteiger partial charge in [0.15, 0.2) is 5.76 Å². The van der Waals surface area contributed by atoms with E-state index in [-0.39, 0.29) is 58.6 Å². The van der Waals surface area contributed by atoms with Crippen LogP contribution in [0.3, 0.4) is 0 Å². The Balaban J connectivity index is 3.37. The first-order valence-corrected chi connectivity index (χ1v) is 6.66. The normalized spacial score (nSPS) is 10.4. The van der Waals surface area contributed by atoms with Crippen LogP contribution in [0.1, 0.15) is 0 Å². The molecule has 0 heterocycles. The van der Waals surface area contributed by atoms with Gasteiger partial charge in [0.2, 0.25) is 0 Å². The molecule has 0 aromatic heterocycles. The Morgan fingerprint density at radius 2 is 1.14 bits per heavy atom. The van der Waals surface area contributed by atoms with E-state index in [1.54, 1.807) is 0 Å². The standard InChI is InChI=1S/C13H24O8/c1-12(13(16)21-11-9-18-5-3-15)20-10-8-19-7-6-17-4-2-14/h14-15H,1-11H2. The first-order valence-electron chi connectivity index (χ1n) is 6.66. The summed E-state index contributed by atoms with van der Waals surface area (Å²) in [7, 11) is 0. The largest absolute Gasteiger partial charge is 0.485 e. The Hall–Kier alpha value is -1.19. The molecule has 0 aliphatic carbocycles. The molecule has 8 heteroatoms. The van der Waals surface area contributed by atoms with Crippen LogP contribution in [0.5, 0.6) is 0 Å². The zero-order valence-electron chi connectivity index (χ0n) is 12.1. The van der Waals surface area contributed by atoms with Gasteiger partial charge in [0.1, 0.15) is 13.2 Å². The van der Waals surface area contributed by atoms with Crippen molar-refractivity contribution in [3.63, 3.8) is 0 Å². The maximum absolute atomic E-state index is 11.4. The van der Waals surface area contributed by atoms with Crippen LogP contribution in [-0.2, 0) is 28.5 Å². The van der Waals surface area contributed by atoms with Crippen molar-refractivity contribution >= 4 is 5.97 Å². The second-order valence-electron chi connectivity index (χ2n) is 3.69. The molecule has 0 radical (unpaired) electrons. The van der Waals surface area contributed by atoms with Gasteiger partial charge in [-0.15, -0.1) is 0 Å². The average molecular weight is 308 g/mol. The van der Waals surface area contributed by atoms with Gasteiger partial charge in [0, 0.05) is 0 Å². The Kier molecular flexibility index (Phi) is 14.3. The molecule has 124 valence electrons. The molecule has 0 atom stereocenters. The van der Waals surface area contributed by atoms with Crippen molar-refractivity contribution in [3.05, 3.63) is 12.3 Å². The number of ether oxygens (including phenoxy) is 5. The first-order chi connectivity index (χ1) is 10.2. The van der Waals surface area contributed by atoms with Gasteiger partial charge in [0.05, 0.1) is 52.9 Å². The van der Waals surface area contributed by atoms with E-state index in [1.165, 1.54) is 0 Å². The molecule has 0 unspecified atom stereocenters. The smallest absolute Gasteiger partial charge is 0.373 e. The van der Waals surface area contributed by atoms with Gasteiger partial charge in [0.25, 0.3) is 0 Å². The van der Waals surface area contributed by atoms with E-state index in [9.17, 15) is 4.79 Å². The lowest BCUT2D eigenvalue weighted by Gasteiger charge is -2.09. The number of aliphatic hydroxyl groups excluding tert-OH is 2. The molecule has 0 aromatic carbocycles. The van der Waals surface area contributed by atoms with Crippen LogP contribution < -0.4 is 0 Å².